The van der Waals surface area contributed by atoms with Crippen LogP contribution >= 0.6 is 11.3 Å². The standard InChI is InChI=1S/C24H22N2O5S/c1-25-22-19(15-20(32-22)23(28)31-16-17-9-4-2-5-10-17)21(27)26(24(25)29)13-8-14-30-18-11-6-3-7-12-18/h2-7,9-12,15H,8,13-14,16H2,1H3. The molecule has 0 aliphatic carbocycles. The third-order valence-electron chi connectivity index (χ3n) is 4.96. The Morgan fingerprint density at radius 2 is 1.69 bits per heavy atom. The van der Waals surface area contributed by atoms with Crippen molar-refractivity contribution in [3.8, 4) is 5.75 Å². The number of hydrogen-bond donors (Lipinski definition) is 0. The van der Waals surface area contributed by atoms with E-state index in [-0.39, 0.29) is 18.0 Å². The molecule has 4 rings (SSSR count). The Labute approximate surface area is 188 Å². The number of para-hydroxylation sites is 1. The van der Waals surface area contributed by atoms with Gasteiger partial charge < -0.3 is 9.47 Å². The molecule has 0 amide bonds. The molecule has 0 saturated carbocycles. The first-order valence-electron chi connectivity index (χ1n) is 10.2. The number of carbonyl (C=O) groups excluding carboxylic acids is 1. The van der Waals surface area contributed by atoms with Crippen LogP contribution in [0.3, 0.4) is 0 Å². The Morgan fingerprint density at radius 3 is 2.41 bits per heavy atom. The smallest absolute Gasteiger partial charge is 0.348 e. The predicted molar refractivity (Wildman–Crippen MR) is 123 cm³/mol. The lowest BCUT2D eigenvalue weighted by Gasteiger charge is -2.09. The SMILES string of the molecule is Cn1c(=O)n(CCCOc2ccccc2)c(=O)c2cc(C(=O)OCc3ccccc3)sc21. The fraction of sp³-hybridized carbons (Fsp3) is 0.208. The summed E-state index contributed by atoms with van der Waals surface area (Å²) in [5, 5.41) is 0.327. The summed E-state index contributed by atoms with van der Waals surface area (Å²) in [7, 11) is 1.59. The van der Waals surface area contributed by atoms with E-state index in [1.54, 1.807) is 7.05 Å². The largest absolute Gasteiger partial charge is 0.494 e. The van der Waals surface area contributed by atoms with Crippen LogP contribution in [0.15, 0.2) is 76.3 Å². The number of carbonyl (C=O) groups is 1. The van der Waals surface area contributed by atoms with Crippen molar-refractivity contribution >= 4 is 27.5 Å². The van der Waals surface area contributed by atoms with Crippen LogP contribution < -0.4 is 16.0 Å². The molecule has 0 atom stereocenters. The van der Waals surface area contributed by atoms with Gasteiger partial charge in [0.15, 0.2) is 0 Å². The van der Waals surface area contributed by atoms with E-state index in [0.29, 0.717) is 23.2 Å². The van der Waals surface area contributed by atoms with Gasteiger partial charge in [-0.2, -0.15) is 0 Å². The highest BCUT2D eigenvalue weighted by molar-refractivity contribution is 7.20. The summed E-state index contributed by atoms with van der Waals surface area (Å²) in [6.45, 7) is 0.731. The van der Waals surface area contributed by atoms with Crippen LogP contribution in [0.4, 0.5) is 0 Å². The quantitative estimate of drug-likeness (QED) is 0.303. The predicted octanol–water partition coefficient (Wildman–Crippen LogP) is 3.59. The van der Waals surface area contributed by atoms with Gasteiger partial charge in [-0.3, -0.25) is 13.9 Å². The molecular weight excluding hydrogens is 428 g/mol. The van der Waals surface area contributed by atoms with Crippen LogP contribution in [-0.4, -0.2) is 21.7 Å². The number of nitrogens with zero attached hydrogens (tertiary/aromatic N) is 2. The van der Waals surface area contributed by atoms with E-state index >= 15 is 0 Å². The van der Waals surface area contributed by atoms with Crippen molar-refractivity contribution in [2.45, 2.75) is 19.6 Å². The highest BCUT2D eigenvalue weighted by Gasteiger charge is 2.18. The van der Waals surface area contributed by atoms with Crippen LogP contribution in [0, 0.1) is 0 Å². The van der Waals surface area contributed by atoms with Gasteiger partial charge in [-0.15, -0.1) is 11.3 Å². The van der Waals surface area contributed by atoms with Crippen LogP contribution in [-0.2, 0) is 24.9 Å². The average Bonchev–Trinajstić information content (AvgIpc) is 3.28. The summed E-state index contributed by atoms with van der Waals surface area (Å²) < 4.78 is 13.6. The van der Waals surface area contributed by atoms with Gasteiger partial charge in [0, 0.05) is 13.6 Å². The fourth-order valence-corrected chi connectivity index (χ4v) is 4.30. The zero-order valence-corrected chi connectivity index (χ0v) is 18.3. The number of hydrogen-bond acceptors (Lipinski definition) is 6. The lowest BCUT2D eigenvalue weighted by molar-refractivity contribution is 0.0478. The monoisotopic (exact) mass is 450 g/mol. The second-order valence-electron chi connectivity index (χ2n) is 7.20. The van der Waals surface area contributed by atoms with Crippen molar-refractivity contribution in [3.05, 3.63) is 98.0 Å². The molecule has 2 aromatic carbocycles. The van der Waals surface area contributed by atoms with Crippen LogP contribution in [0.5, 0.6) is 5.75 Å². The van der Waals surface area contributed by atoms with Gasteiger partial charge in [0.2, 0.25) is 0 Å². The molecule has 0 unspecified atom stereocenters. The van der Waals surface area contributed by atoms with Crippen molar-refractivity contribution in [2.24, 2.45) is 7.05 Å². The minimum absolute atomic E-state index is 0.137. The maximum absolute atomic E-state index is 12.9. The minimum Gasteiger partial charge on any atom is -0.494 e. The average molecular weight is 451 g/mol. The zero-order chi connectivity index (χ0) is 22.5. The molecule has 0 fully saturated rings. The molecule has 164 valence electrons. The summed E-state index contributed by atoms with van der Waals surface area (Å²) in [5.41, 5.74) is 0.0314. The van der Waals surface area contributed by atoms with E-state index < -0.39 is 17.2 Å². The van der Waals surface area contributed by atoms with Gasteiger partial charge in [0.05, 0.1) is 12.0 Å². The Morgan fingerprint density at radius 1 is 1.00 bits per heavy atom. The maximum atomic E-state index is 12.9. The van der Waals surface area contributed by atoms with Gasteiger partial charge >= 0.3 is 11.7 Å². The molecule has 32 heavy (non-hydrogen) atoms. The summed E-state index contributed by atoms with van der Waals surface area (Å²) in [6, 6.07) is 20.2. The van der Waals surface area contributed by atoms with E-state index in [2.05, 4.69) is 0 Å². The van der Waals surface area contributed by atoms with Crippen molar-refractivity contribution in [1.29, 1.82) is 0 Å². The van der Waals surface area contributed by atoms with Crippen molar-refractivity contribution in [3.63, 3.8) is 0 Å². The van der Waals surface area contributed by atoms with E-state index in [1.807, 2.05) is 60.7 Å². The van der Waals surface area contributed by atoms with Gasteiger partial charge in [0.1, 0.15) is 22.1 Å². The van der Waals surface area contributed by atoms with E-state index in [1.165, 1.54) is 15.2 Å². The number of aromatic nitrogens is 2. The molecule has 0 spiro atoms. The molecule has 0 radical (unpaired) electrons. The topological polar surface area (TPSA) is 79.5 Å². The summed E-state index contributed by atoms with van der Waals surface area (Å²) in [4.78, 5) is 38.9. The molecule has 8 heteroatoms. The molecule has 7 nitrogen and oxygen atoms in total. The second-order valence-corrected chi connectivity index (χ2v) is 8.24. The summed E-state index contributed by atoms with van der Waals surface area (Å²) >= 11 is 1.08. The second kappa shape index (κ2) is 9.65. The highest BCUT2D eigenvalue weighted by Crippen LogP contribution is 2.23. The lowest BCUT2D eigenvalue weighted by Crippen LogP contribution is -2.38. The van der Waals surface area contributed by atoms with Crippen LogP contribution in [0.25, 0.3) is 10.2 Å². The number of fused-ring (bicyclic) bond motifs is 1. The van der Waals surface area contributed by atoms with Crippen molar-refractivity contribution < 1.29 is 14.3 Å². The molecule has 0 bridgehead atoms. The van der Waals surface area contributed by atoms with E-state index in [0.717, 1.165) is 22.6 Å². The number of thiophene rings is 1. The van der Waals surface area contributed by atoms with Gasteiger partial charge in [0.25, 0.3) is 5.56 Å². The molecule has 4 aromatic rings. The van der Waals surface area contributed by atoms with Crippen molar-refractivity contribution in [1.82, 2.24) is 9.13 Å². The Hall–Kier alpha value is -3.65. The first-order valence-corrected chi connectivity index (χ1v) is 11.0. The Balaban J connectivity index is 1.49. The number of esters is 1. The van der Waals surface area contributed by atoms with Gasteiger partial charge in [-0.25, -0.2) is 9.59 Å². The fourth-order valence-electron chi connectivity index (χ4n) is 3.31. The summed E-state index contributed by atoms with van der Waals surface area (Å²) in [6.07, 6.45) is 0.492. The number of aryl methyl sites for hydroxylation is 1. The molecule has 0 saturated heterocycles. The van der Waals surface area contributed by atoms with Gasteiger partial charge in [-0.05, 0) is 30.2 Å². The van der Waals surface area contributed by atoms with E-state index in [9.17, 15) is 14.4 Å². The lowest BCUT2D eigenvalue weighted by atomic mass is 10.2. The number of ether oxygens (including phenoxy) is 2. The first-order chi connectivity index (χ1) is 15.5. The van der Waals surface area contributed by atoms with Crippen LogP contribution in [0.2, 0.25) is 0 Å². The summed E-state index contributed by atoms with van der Waals surface area (Å²) in [5.74, 6) is 0.212. The molecule has 0 aliphatic heterocycles. The number of rotatable bonds is 8. The first kappa shape index (κ1) is 21.6. The van der Waals surface area contributed by atoms with Crippen LogP contribution in [0.1, 0.15) is 21.7 Å². The molecule has 2 heterocycles. The van der Waals surface area contributed by atoms with Crippen molar-refractivity contribution in [2.75, 3.05) is 6.61 Å². The van der Waals surface area contributed by atoms with E-state index in [4.69, 9.17) is 9.47 Å². The molecule has 0 N–H and O–H groups in total. The molecule has 2 aromatic heterocycles. The third-order valence-corrected chi connectivity index (χ3v) is 6.15. The Kier molecular flexibility index (Phi) is 6.51. The molecule has 0 aliphatic rings. The normalized spacial score (nSPS) is 10.9. The maximum Gasteiger partial charge on any atom is 0.348 e. The van der Waals surface area contributed by atoms with Gasteiger partial charge in [-0.1, -0.05) is 48.5 Å². The highest BCUT2D eigenvalue weighted by atomic mass is 32.1. The third kappa shape index (κ3) is 4.65. The number of benzene rings is 2. The zero-order valence-electron chi connectivity index (χ0n) is 17.5. The molecular formula is C24H22N2O5S. The minimum atomic E-state index is -0.523. The Bertz CT molecular complexity index is 1340.